The summed E-state index contributed by atoms with van der Waals surface area (Å²) in [5.41, 5.74) is 1.54. The zero-order valence-electron chi connectivity index (χ0n) is 11.7. The Balaban J connectivity index is 2.37. The maximum absolute atomic E-state index is 13.9. The Labute approximate surface area is 120 Å². The maximum Gasteiger partial charge on any atom is 0.194 e. The molecular weight excluding hydrogens is 282 g/mol. The average molecular weight is 297 g/mol. The molecule has 5 heteroatoms. The molecule has 0 amide bonds. The summed E-state index contributed by atoms with van der Waals surface area (Å²) in [6, 6.07) is 5.82. The van der Waals surface area contributed by atoms with Gasteiger partial charge >= 0.3 is 0 Å². The Hall–Kier alpha value is -1.88. The van der Waals surface area contributed by atoms with Crippen LogP contribution in [0.4, 0.5) is 17.6 Å². The summed E-state index contributed by atoms with van der Waals surface area (Å²) in [6.07, 6.45) is 0.266. The lowest BCUT2D eigenvalue weighted by Crippen LogP contribution is -2.21. The van der Waals surface area contributed by atoms with Crippen LogP contribution in [0.15, 0.2) is 30.3 Å². The van der Waals surface area contributed by atoms with E-state index in [-0.39, 0.29) is 12.0 Å². The molecule has 1 N–H and O–H groups in total. The van der Waals surface area contributed by atoms with Gasteiger partial charge in [-0.3, -0.25) is 0 Å². The first-order chi connectivity index (χ1) is 9.93. The minimum absolute atomic E-state index is 0.0139. The first kappa shape index (κ1) is 15.5. The van der Waals surface area contributed by atoms with Crippen LogP contribution in [0, 0.1) is 30.2 Å². The molecule has 0 aliphatic carbocycles. The van der Waals surface area contributed by atoms with Crippen LogP contribution < -0.4 is 5.32 Å². The molecule has 1 atom stereocenters. The molecule has 0 aliphatic heterocycles. The number of nitrogens with one attached hydrogen (secondary N) is 1. The summed E-state index contributed by atoms with van der Waals surface area (Å²) >= 11 is 0. The average Bonchev–Trinajstić information content (AvgIpc) is 2.46. The fraction of sp³-hybridized carbons (Fsp3) is 0.250. The Morgan fingerprint density at radius 2 is 1.71 bits per heavy atom. The van der Waals surface area contributed by atoms with E-state index in [9.17, 15) is 17.6 Å². The summed E-state index contributed by atoms with van der Waals surface area (Å²) in [5.74, 6) is -4.34. The van der Waals surface area contributed by atoms with E-state index in [1.165, 1.54) is 18.2 Å². The molecule has 21 heavy (non-hydrogen) atoms. The Bertz CT molecular complexity index is 655. The molecule has 0 saturated carbocycles. The van der Waals surface area contributed by atoms with E-state index < -0.39 is 29.3 Å². The molecule has 0 saturated heterocycles. The van der Waals surface area contributed by atoms with Gasteiger partial charge in [0, 0.05) is 11.6 Å². The summed E-state index contributed by atoms with van der Waals surface area (Å²) in [6.45, 7) is 1.81. The van der Waals surface area contributed by atoms with E-state index in [1.807, 2.05) is 6.92 Å². The molecule has 112 valence electrons. The molecular formula is C16H15F4N. The number of hydrogen-bond donors (Lipinski definition) is 1. The van der Waals surface area contributed by atoms with E-state index in [0.717, 1.165) is 11.6 Å². The van der Waals surface area contributed by atoms with Gasteiger partial charge in [-0.25, -0.2) is 17.6 Å². The molecule has 2 aromatic carbocycles. The third kappa shape index (κ3) is 3.24. The molecule has 0 aromatic heterocycles. The first-order valence-electron chi connectivity index (χ1n) is 6.49. The predicted octanol–water partition coefficient (Wildman–Crippen LogP) is 4.05. The molecule has 0 spiro atoms. The summed E-state index contributed by atoms with van der Waals surface area (Å²) in [7, 11) is 1.58. The van der Waals surface area contributed by atoms with Crippen molar-refractivity contribution in [2.45, 2.75) is 19.4 Å². The number of rotatable bonds is 4. The molecule has 0 bridgehead atoms. The van der Waals surface area contributed by atoms with Crippen LogP contribution in [-0.2, 0) is 6.42 Å². The van der Waals surface area contributed by atoms with Crippen LogP contribution in [-0.4, -0.2) is 7.05 Å². The summed E-state index contributed by atoms with van der Waals surface area (Å²) < 4.78 is 53.5. The smallest absolute Gasteiger partial charge is 0.194 e. The second-order valence-corrected chi connectivity index (χ2v) is 4.88. The molecule has 0 fully saturated rings. The van der Waals surface area contributed by atoms with Crippen molar-refractivity contribution in [3.63, 3.8) is 0 Å². The molecule has 1 nitrogen and oxygen atoms in total. The number of halogens is 4. The van der Waals surface area contributed by atoms with Crippen molar-refractivity contribution in [2.24, 2.45) is 0 Å². The number of likely N-dealkylation sites (N-methyl/N-ethyl adjacent to an activating group) is 1. The van der Waals surface area contributed by atoms with E-state index in [4.69, 9.17) is 0 Å². The van der Waals surface area contributed by atoms with Crippen molar-refractivity contribution in [3.05, 3.63) is 70.3 Å². The van der Waals surface area contributed by atoms with Gasteiger partial charge in [0.05, 0.1) is 0 Å². The van der Waals surface area contributed by atoms with Crippen LogP contribution >= 0.6 is 0 Å². The van der Waals surface area contributed by atoms with Crippen molar-refractivity contribution >= 4 is 0 Å². The Kier molecular flexibility index (Phi) is 4.63. The van der Waals surface area contributed by atoms with Crippen LogP contribution in [0.1, 0.15) is 22.7 Å². The highest BCUT2D eigenvalue weighted by atomic mass is 19.2. The van der Waals surface area contributed by atoms with E-state index in [2.05, 4.69) is 5.32 Å². The molecule has 1 unspecified atom stereocenters. The molecule has 0 radical (unpaired) electrons. The second kappa shape index (κ2) is 6.26. The van der Waals surface area contributed by atoms with Crippen LogP contribution in [0.5, 0.6) is 0 Å². The van der Waals surface area contributed by atoms with Crippen LogP contribution in [0.3, 0.4) is 0 Å². The zero-order chi connectivity index (χ0) is 15.6. The van der Waals surface area contributed by atoms with Crippen molar-refractivity contribution in [1.82, 2.24) is 5.32 Å². The van der Waals surface area contributed by atoms with Crippen molar-refractivity contribution in [3.8, 4) is 0 Å². The Morgan fingerprint density at radius 1 is 1.00 bits per heavy atom. The first-order valence-corrected chi connectivity index (χ1v) is 6.49. The lowest BCUT2D eigenvalue weighted by Gasteiger charge is -2.19. The fourth-order valence-electron chi connectivity index (χ4n) is 2.26. The standard InChI is InChI=1S/C16H15F4N/c1-9-3-4-11(17)7-10(9)8-14(21-2)12-5-6-13(18)16(20)15(12)19/h3-7,14,21H,8H2,1-2H3. The van der Waals surface area contributed by atoms with Gasteiger partial charge in [0.2, 0.25) is 0 Å². The molecule has 0 heterocycles. The topological polar surface area (TPSA) is 12.0 Å². The van der Waals surface area contributed by atoms with Gasteiger partial charge in [-0.15, -0.1) is 0 Å². The third-order valence-corrected chi connectivity index (χ3v) is 3.52. The lowest BCUT2D eigenvalue weighted by molar-refractivity contribution is 0.428. The van der Waals surface area contributed by atoms with Gasteiger partial charge in [0.15, 0.2) is 17.5 Å². The van der Waals surface area contributed by atoms with Crippen molar-refractivity contribution < 1.29 is 17.6 Å². The van der Waals surface area contributed by atoms with Crippen LogP contribution in [0.2, 0.25) is 0 Å². The lowest BCUT2D eigenvalue weighted by atomic mass is 9.95. The zero-order valence-corrected chi connectivity index (χ0v) is 11.7. The maximum atomic E-state index is 13.9. The fourth-order valence-corrected chi connectivity index (χ4v) is 2.26. The number of benzene rings is 2. The minimum Gasteiger partial charge on any atom is -0.313 e. The van der Waals surface area contributed by atoms with Gasteiger partial charge in [-0.2, -0.15) is 0 Å². The van der Waals surface area contributed by atoms with Crippen LogP contribution in [0.25, 0.3) is 0 Å². The highest BCUT2D eigenvalue weighted by Crippen LogP contribution is 2.25. The molecule has 0 aliphatic rings. The second-order valence-electron chi connectivity index (χ2n) is 4.88. The van der Waals surface area contributed by atoms with Gasteiger partial charge in [-0.1, -0.05) is 12.1 Å². The highest BCUT2D eigenvalue weighted by Gasteiger charge is 2.20. The van der Waals surface area contributed by atoms with Crippen molar-refractivity contribution in [2.75, 3.05) is 7.05 Å². The van der Waals surface area contributed by atoms with Gasteiger partial charge in [0.1, 0.15) is 5.82 Å². The number of hydrogen-bond acceptors (Lipinski definition) is 1. The summed E-state index contributed by atoms with van der Waals surface area (Å²) in [5, 5.41) is 2.85. The van der Waals surface area contributed by atoms with Gasteiger partial charge < -0.3 is 5.32 Å². The monoisotopic (exact) mass is 297 g/mol. The normalized spacial score (nSPS) is 12.5. The number of aryl methyl sites for hydroxylation is 1. The van der Waals surface area contributed by atoms with Gasteiger partial charge in [-0.05, 0) is 49.7 Å². The van der Waals surface area contributed by atoms with E-state index in [1.54, 1.807) is 13.1 Å². The van der Waals surface area contributed by atoms with E-state index in [0.29, 0.717) is 5.56 Å². The van der Waals surface area contributed by atoms with Gasteiger partial charge in [0.25, 0.3) is 0 Å². The Morgan fingerprint density at radius 3 is 2.38 bits per heavy atom. The molecule has 2 rings (SSSR count). The minimum atomic E-state index is -1.50. The van der Waals surface area contributed by atoms with E-state index >= 15 is 0 Å². The summed E-state index contributed by atoms with van der Waals surface area (Å²) in [4.78, 5) is 0. The molecule has 2 aromatic rings. The predicted molar refractivity (Wildman–Crippen MR) is 73.0 cm³/mol. The highest BCUT2D eigenvalue weighted by molar-refractivity contribution is 5.31. The SMILES string of the molecule is CNC(Cc1cc(F)ccc1C)c1ccc(F)c(F)c1F. The largest absolute Gasteiger partial charge is 0.313 e. The van der Waals surface area contributed by atoms with Crippen molar-refractivity contribution in [1.29, 1.82) is 0 Å². The third-order valence-electron chi connectivity index (χ3n) is 3.52. The quantitative estimate of drug-likeness (QED) is 0.663.